The summed E-state index contributed by atoms with van der Waals surface area (Å²) in [5.41, 5.74) is 1.47. The Hall–Kier alpha value is -2.57. The first-order chi connectivity index (χ1) is 15.6. The molecule has 0 fully saturated rings. The molecule has 0 saturated carbocycles. The molecule has 0 aromatic heterocycles. The second kappa shape index (κ2) is 10.6. The number of likely N-dealkylation sites (N-methyl/N-ethyl adjacent to an activating group) is 1. The number of rotatable bonds is 5. The second-order valence-corrected chi connectivity index (χ2v) is 10.5. The Bertz CT molecular complexity index is 1120. The molecule has 2 aromatic carbocycles. The maximum atomic E-state index is 13.5. The van der Waals surface area contributed by atoms with Crippen molar-refractivity contribution in [2.75, 3.05) is 40.9 Å². The third-order valence-electron chi connectivity index (χ3n) is 5.65. The van der Waals surface area contributed by atoms with Gasteiger partial charge in [0, 0.05) is 36.2 Å². The van der Waals surface area contributed by atoms with Crippen LogP contribution in [0.15, 0.2) is 47.4 Å². The summed E-state index contributed by atoms with van der Waals surface area (Å²) in [6, 6.07) is 11.8. The highest BCUT2D eigenvalue weighted by atomic mass is 32.2. The van der Waals surface area contributed by atoms with Crippen molar-refractivity contribution >= 4 is 10.0 Å². The summed E-state index contributed by atoms with van der Waals surface area (Å²) in [5.74, 6) is 7.14. The average molecular weight is 473 g/mol. The predicted molar refractivity (Wildman–Crippen MR) is 128 cm³/mol. The van der Waals surface area contributed by atoms with Crippen molar-refractivity contribution in [1.29, 1.82) is 0 Å². The molecule has 33 heavy (non-hydrogen) atoms. The van der Waals surface area contributed by atoms with Crippen molar-refractivity contribution in [3.8, 4) is 23.3 Å². The van der Waals surface area contributed by atoms with Gasteiger partial charge in [0.25, 0.3) is 0 Å². The van der Waals surface area contributed by atoms with Gasteiger partial charge in [-0.05, 0) is 63.5 Å². The van der Waals surface area contributed by atoms with Crippen LogP contribution in [0, 0.1) is 17.8 Å². The quantitative estimate of drug-likeness (QED) is 0.674. The van der Waals surface area contributed by atoms with E-state index in [0.717, 1.165) is 11.3 Å². The lowest BCUT2D eigenvalue weighted by molar-refractivity contribution is 0.0812. The molecule has 1 aliphatic rings. The maximum absolute atomic E-state index is 13.5. The normalized spacial score (nSPS) is 21.1. The maximum Gasteiger partial charge on any atom is 0.247 e. The van der Waals surface area contributed by atoms with Crippen LogP contribution in [0.1, 0.15) is 25.0 Å². The number of hydrogen-bond donors (Lipinski definition) is 1. The molecule has 0 saturated heterocycles. The van der Waals surface area contributed by atoms with Gasteiger partial charge in [-0.1, -0.05) is 18.8 Å². The molecule has 2 aromatic rings. The van der Waals surface area contributed by atoms with Gasteiger partial charge in [-0.15, -0.1) is 0 Å². The molecule has 0 amide bonds. The van der Waals surface area contributed by atoms with E-state index in [1.54, 1.807) is 32.2 Å². The molecule has 8 heteroatoms. The molecule has 3 atom stereocenters. The van der Waals surface area contributed by atoms with Crippen LogP contribution in [0.3, 0.4) is 0 Å². The molecule has 0 unspecified atom stereocenters. The summed E-state index contributed by atoms with van der Waals surface area (Å²) < 4.78 is 39.8. The van der Waals surface area contributed by atoms with Crippen molar-refractivity contribution in [1.82, 2.24) is 9.21 Å². The molecule has 0 bridgehead atoms. The lowest BCUT2D eigenvalue weighted by atomic mass is 10.0. The van der Waals surface area contributed by atoms with Crippen molar-refractivity contribution in [2.45, 2.75) is 30.9 Å². The minimum Gasteiger partial charge on any atom is -0.497 e. The minimum absolute atomic E-state index is 0.0848. The highest BCUT2D eigenvalue weighted by Crippen LogP contribution is 2.34. The number of aliphatic hydroxyl groups is 1. The standard InChI is InChI=1S/C25H32N2O5S/c1-18-15-27(19(2)17-28)33(29,30)25-13-10-21(14-23(25)32-24(18)16-26(3)4)7-6-20-8-11-22(31-5)12-9-20/h8-14,18-19,24,28H,15-17H2,1-5H3/t18-,19+,24+/m1/s1. The highest BCUT2D eigenvalue weighted by Gasteiger charge is 2.37. The second-order valence-electron chi connectivity index (χ2n) is 8.64. The third kappa shape index (κ3) is 5.87. The van der Waals surface area contributed by atoms with E-state index in [2.05, 4.69) is 11.8 Å². The zero-order valence-corrected chi connectivity index (χ0v) is 20.6. The first-order valence-corrected chi connectivity index (χ1v) is 12.3. The lowest BCUT2D eigenvalue weighted by Crippen LogP contribution is -2.49. The molecule has 1 N–H and O–H groups in total. The molecule has 1 heterocycles. The smallest absolute Gasteiger partial charge is 0.247 e. The van der Waals surface area contributed by atoms with Crippen LogP contribution in [0.4, 0.5) is 0 Å². The lowest BCUT2D eigenvalue weighted by Gasteiger charge is -2.37. The predicted octanol–water partition coefficient (Wildman–Crippen LogP) is 2.43. The zero-order chi connectivity index (χ0) is 24.2. The number of sulfonamides is 1. The van der Waals surface area contributed by atoms with Crippen molar-refractivity contribution in [3.05, 3.63) is 53.6 Å². The fourth-order valence-corrected chi connectivity index (χ4v) is 5.53. The van der Waals surface area contributed by atoms with Crippen molar-refractivity contribution in [3.63, 3.8) is 0 Å². The number of benzene rings is 2. The summed E-state index contributed by atoms with van der Waals surface area (Å²) >= 11 is 0. The molecule has 0 radical (unpaired) electrons. The summed E-state index contributed by atoms with van der Waals surface area (Å²) in [5, 5.41) is 9.71. The van der Waals surface area contributed by atoms with Gasteiger partial charge < -0.3 is 19.5 Å². The zero-order valence-electron chi connectivity index (χ0n) is 19.8. The Morgan fingerprint density at radius 3 is 2.42 bits per heavy atom. The Morgan fingerprint density at radius 2 is 1.82 bits per heavy atom. The summed E-state index contributed by atoms with van der Waals surface area (Å²) in [7, 11) is 1.66. The van der Waals surface area contributed by atoms with E-state index in [1.807, 2.05) is 50.2 Å². The van der Waals surface area contributed by atoms with Crippen LogP contribution < -0.4 is 9.47 Å². The highest BCUT2D eigenvalue weighted by molar-refractivity contribution is 7.89. The fourth-order valence-electron chi connectivity index (χ4n) is 3.70. The molecular formula is C25H32N2O5S. The van der Waals surface area contributed by atoms with Crippen LogP contribution in [-0.4, -0.2) is 75.8 Å². The first-order valence-electron chi connectivity index (χ1n) is 10.9. The number of nitrogens with zero attached hydrogens (tertiary/aromatic N) is 2. The van der Waals surface area contributed by atoms with Crippen molar-refractivity contribution in [2.24, 2.45) is 5.92 Å². The Morgan fingerprint density at radius 1 is 1.18 bits per heavy atom. The number of fused-ring (bicyclic) bond motifs is 1. The largest absolute Gasteiger partial charge is 0.497 e. The Labute approximate surface area is 197 Å². The van der Waals surface area contributed by atoms with Gasteiger partial charge in [-0.3, -0.25) is 0 Å². The van der Waals surface area contributed by atoms with Crippen LogP contribution in [-0.2, 0) is 10.0 Å². The van der Waals surface area contributed by atoms with Crippen molar-refractivity contribution < 1.29 is 23.0 Å². The molecule has 7 nitrogen and oxygen atoms in total. The van der Waals surface area contributed by atoms with Gasteiger partial charge in [0.2, 0.25) is 10.0 Å². The molecule has 0 aliphatic carbocycles. The number of aliphatic hydroxyl groups excluding tert-OH is 1. The summed E-state index contributed by atoms with van der Waals surface area (Å²) in [6.45, 7) is 4.32. The van der Waals surface area contributed by atoms with Gasteiger partial charge in [0.15, 0.2) is 0 Å². The van der Waals surface area contributed by atoms with E-state index in [-0.39, 0.29) is 35.8 Å². The van der Waals surface area contributed by atoms with Crippen LogP contribution in [0.2, 0.25) is 0 Å². The van der Waals surface area contributed by atoms with Gasteiger partial charge in [-0.2, -0.15) is 4.31 Å². The molecular weight excluding hydrogens is 440 g/mol. The number of methoxy groups -OCH3 is 1. The molecule has 0 spiro atoms. The van der Waals surface area contributed by atoms with Gasteiger partial charge in [0.05, 0.1) is 13.7 Å². The van der Waals surface area contributed by atoms with Gasteiger partial charge in [0.1, 0.15) is 22.5 Å². The number of ether oxygens (including phenoxy) is 2. The van der Waals surface area contributed by atoms with E-state index in [9.17, 15) is 13.5 Å². The average Bonchev–Trinajstić information content (AvgIpc) is 2.79. The molecule has 178 valence electrons. The Kier molecular flexibility index (Phi) is 8.03. The van der Waals surface area contributed by atoms with Gasteiger partial charge >= 0.3 is 0 Å². The SMILES string of the molecule is COc1ccc(C#Cc2ccc3c(c2)O[C@@H](CN(C)C)[C@H](C)CN([C@@H](C)CO)S3(=O)=O)cc1. The molecule has 1 aliphatic heterocycles. The van der Waals surface area contributed by atoms with E-state index in [0.29, 0.717) is 12.1 Å². The Balaban J connectivity index is 2.04. The van der Waals surface area contributed by atoms with Crippen LogP contribution in [0.5, 0.6) is 11.5 Å². The van der Waals surface area contributed by atoms with Crippen LogP contribution in [0.25, 0.3) is 0 Å². The van der Waals surface area contributed by atoms with E-state index in [1.165, 1.54) is 4.31 Å². The monoisotopic (exact) mass is 472 g/mol. The van der Waals surface area contributed by atoms with E-state index in [4.69, 9.17) is 9.47 Å². The third-order valence-corrected chi connectivity index (χ3v) is 7.67. The first kappa shape index (κ1) is 25.1. The minimum atomic E-state index is -3.86. The fraction of sp³-hybridized carbons (Fsp3) is 0.440. The van der Waals surface area contributed by atoms with E-state index < -0.39 is 16.1 Å². The topological polar surface area (TPSA) is 79.3 Å². The summed E-state index contributed by atoms with van der Waals surface area (Å²) in [6.07, 6.45) is -0.229. The van der Waals surface area contributed by atoms with Crippen LogP contribution >= 0.6 is 0 Å². The van der Waals surface area contributed by atoms with Gasteiger partial charge in [-0.25, -0.2) is 8.42 Å². The van der Waals surface area contributed by atoms with E-state index >= 15 is 0 Å². The number of hydrogen-bond acceptors (Lipinski definition) is 6. The molecule has 3 rings (SSSR count). The summed E-state index contributed by atoms with van der Waals surface area (Å²) in [4.78, 5) is 2.11.